The van der Waals surface area contributed by atoms with Crippen LogP contribution in [0.3, 0.4) is 0 Å². The minimum Gasteiger partial charge on any atom is -0.467 e. The van der Waals surface area contributed by atoms with Gasteiger partial charge in [-0.15, -0.1) is 0 Å². The van der Waals surface area contributed by atoms with E-state index in [-0.39, 0.29) is 5.91 Å². The molecule has 0 aliphatic rings. The Morgan fingerprint density at radius 2 is 1.61 bits per heavy atom. The van der Waals surface area contributed by atoms with Crippen molar-refractivity contribution in [2.45, 2.75) is 25.3 Å². The van der Waals surface area contributed by atoms with Crippen molar-refractivity contribution >= 4 is 38.7 Å². The second-order valence-corrected chi connectivity index (χ2v) is 9.12. The maximum Gasteiger partial charge on any atom is 0.332 e. The highest BCUT2D eigenvalue weighted by atomic mass is 79.9. The third-order valence-electron chi connectivity index (χ3n) is 6.03. The molecule has 4 aromatic rings. The molecule has 168 valence electrons. The van der Waals surface area contributed by atoms with E-state index in [2.05, 4.69) is 26.2 Å². The van der Waals surface area contributed by atoms with Crippen LogP contribution < -0.4 is 5.32 Å². The second kappa shape index (κ2) is 9.24. The van der Waals surface area contributed by atoms with E-state index in [0.717, 1.165) is 32.2 Å². The summed E-state index contributed by atoms with van der Waals surface area (Å²) in [5.41, 5.74) is 2.80. The number of nitrogens with one attached hydrogen (secondary N) is 2. The average molecular weight is 505 g/mol. The van der Waals surface area contributed by atoms with Crippen molar-refractivity contribution in [3.8, 4) is 0 Å². The number of aromatic amines is 1. The van der Waals surface area contributed by atoms with Crippen molar-refractivity contribution in [1.29, 1.82) is 0 Å². The molecule has 0 saturated carbocycles. The lowest BCUT2D eigenvalue weighted by molar-refractivity contribution is -0.148. The maximum absolute atomic E-state index is 13.4. The Kier molecular flexibility index (Phi) is 6.38. The summed E-state index contributed by atoms with van der Waals surface area (Å²) in [4.78, 5) is 30.1. The first-order chi connectivity index (χ1) is 15.8. The number of hydrogen-bond acceptors (Lipinski definition) is 3. The van der Waals surface area contributed by atoms with E-state index in [4.69, 9.17) is 4.74 Å². The highest BCUT2D eigenvalue weighted by molar-refractivity contribution is 9.10. The van der Waals surface area contributed by atoms with Crippen LogP contribution in [0.4, 0.5) is 0 Å². The molecule has 1 heterocycles. The van der Waals surface area contributed by atoms with Gasteiger partial charge in [-0.3, -0.25) is 4.79 Å². The van der Waals surface area contributed by atoms with Crippen molar-refractivity contribution in [1.82, 2.24) is 10.3 Å². The lowest BCUT2D eigenvalue weighted by atomic mass is 9.74. The number of methoxy groups -OCH3 is 1. The maximum atomic E-state index is 13.4. The summed E-state index contributed by atoms with van der Waals surface area (Å²) < 4.78 is 6.18. The van der Waals surface area contributed by atoms with Gasteiger partial charge in [-0.25, -0.2) is 4.79 Å². The molecule has 3 aromatic carbocycles. The molecular weight excluding hydrogens is 480 g/mol. The molecule has 2 N–H and O–H groups in total. The molecule has 33 heavy (non-hydrogen) atoms. The van der Waals surface area contributed by atoms with Gasteiger partial charge in [-0.05, 0) is 55.3 Å². The van der Waals surface area contributed by atoms with Gasteiger partial charge in [0.05, 0.1) is 7.11 Å². The number of carbonyl (C=O) groups is 2. The average Bonchev–Trinajstić information content (AvgIpc) is 3.16. The van der Waals surface area contributed by atoms with Gasteiger partial charge in [0.25, 0.3) is 5.91 Å². The molecule has 0 radical (unpaired) electrons. The minimum absolute atomic E-state index is 0.344. The number of benzene rings is 3. The van der Waals surface area contributed by atoms with Crippen LogP contribution >= 0.6 is 15.9 Å². The fraction of sp³-hybridized carbons (Fsp3) is 0.185. The molecule has 5 nitrogen and oxygen atoms in total. The first kappa shape index (κ1) is 22.8. The number of rotatable bonds is 6. The van der Waals surface area contributed by atoms with Crippen molar-refractivity contribution in [3.63, 3.8) is 0 Å². The highest BCUT2D eigenvalue weighted by Crippen LogP contribution is 2.41. The third kappa shape index (κ3) is 4.31. The van der Waals surface area contributed by atoms with E-state index in [0.29, 0.717) is 5.56 Å². The summed E-state index contributed by atoms with van der Waals surface area (Å²) in [5.74, 6) is -1.38. The van der Waals surface area contributed by atoms with E-state index in [1.54, 1.807) is 31.2 Å². The number of esters is 1. The Morgan fingerprint density at radius 1 is 0.970 bits per heavy atom. The Balaban J connectivity index is 1.94. The van der Waals surface area contributed by atoms with E-state index < -0.39 is 17.4 Å². The van der Waals surface area contributed by atoms with Crippen LogP contribution in [-0.4, -0.2) is 29.5 Å². The van der Waals surface area contributed by atoms with Crippen LogP contribution in [-0.2, 0) is 9.53 Å². The first-order valence-electron chi connectivity index (χ1n) is 10.6. The predicted molar refractivity (Wildman–Crippen MR) is 133 cm³/mol. The number of halogens is 1. The standard InChI is InChI=1S/C27H25BrN2O3/c1-17-23(21-11-7-8-12-22(21)29-17)24(18-13-15-20(28)16-14-18)27(2,26(32)33-3)30-25(31)19-9-5-4-6-10-19/h4-16,24,29H,1-3H3,(H,30,31)/t24-,27+/m1/s1. The number of ether oxygens (including phenoxy) is 1. The fourth-order valence-corrected chi connectivity index (χ4v) is 4.73. The largest absolute Gasteiger partial charge is 0.467 e. The van der Waals surface area contributed by atoms with Crippen molar-refractivity contribution < 1.29 is 14.3 Å². The third-order valence-corrected chi connectivity index (χ3v) is 6.56. The van der Waals surface area contributed by atoms with Gasteiger partial charge >= 0.3 is 5.97 Å². The first-order valence-corrected chi connectivity index (χ1v) is 11.4. The SMILES string of the molecule is COC(=O)[C@@](C)(NC(=O)c1ccccc1)[C@H](c1ccc(Br)cc1)c1c(C)[nH]c2ccccc12. The van der Waals surface area contributed by atoms with Gasteiger partial charge < -0.3 is 15.0 Å². The Hall–Kier alpha value is -3.38. The number of para-hydroxylation sites is 1. The quantitative estimate of drug-likeness (QED) is 0.329. The number of aromatic nitrogens is 1. The Bertz CT molecular complexity index is 1300. The molecule has 0 fully saturated rings. The number of hydrogen-bond donors (Lipinski definition) is 2. The zero-order valence-electron chi connectivity index (χ0n) is 18.7. The molecule has 0 aliphatic heterocycles. The van der Waals surface area contributed by atoms with Crippen molar-refractivity contribution in [3.05, 3.63) is 106 Å². The van der Waals surface area contributed by atoms with Gasteiger partial charge in [0.1, 0.15) is 5.54 Å². The van der Waals surface area contributed by atoms with E-state index in [1.807, 2.05) is 61.5 Å². The van der Waals surface area contributed by atoms with Crippen LogP contribution in [0, 0.1) is 6.92 Å². The van der Waals surface area contributed by atoms with Crippen LogP contribution in [0.15, 0.2) is 83.3 Å². The molecule has 1 amide bonds. The van der Waals surface area contributed by atoms with Crippen molar-refractivity contribution in [2.75, 3.05) is 7.11 Å². The summed E-state index contributed by atoms with van der Waals surface area (Å²) in [6.45, 7) is 3.71. The molecule has 0 saturated heterocycles. The summed E-state index contributed by atoms with van der Waals surface area (Å²) in [6, 6.07) is 24.6. The molecule has 0 bridgehead atoms. The van der Waals surface area contributed by atoms with Gasteiger partial charge in [-0.2, -0.15) is 0 Å². The monoisotopic (exact) mass is 504 g/mol. The number of aryl methyl sites for hydroxylation is 1. The summed E-state index contributed by atoms with van der Waals surface area (Å²) in [6.07, 6.45) is 0. The summed E-state index contributed by atoms with van der Waals surface area (Å²) in [5, 5.41) is 4.01. The zero-order valence-corrected chi connectivity index (χ0v) is 20.3. The molecule has 4 rings (SSSR count). The Morgan fingerprint density at radius 3 is 2.27 bits per heavy atom. The minimum atomic E-state index is -1.38. The smallest absolute Gasteiger partial charge is 0.332 e. The van der Waals surface area contributed by atoms with E-state index in [1.165, 1.54) is 7.11 Å². The number of amides is 1. The van der Waals surface area contributed by atoms with Gasteiger partial charge in [0, 0.05) is 32.6 Å². The topological polar surface area (TPSA) is 71.2 Å². The zero-order chi connectivity index (χ0) is 23.6. The van der Waals surface area contributed by atoms with E-state index in [9.17, 15) is 9.59 Å². The fourth-order valence-electron chi connectivity index (χ4n) is 4.46. The van der Waals surface area contributed by atoms with Crippen molar-refractivity contribution in [2.24, 2.45) is 0 Å². The number of carbonyl (C=O) groups excluding carboxylic acids is 2. The number of fused-ring (bicyclic) bond motifs is 1. The van der Waals surface area contributed by atoms with Crippen LogP contribution in [0.25, 0.3) is 10.9 Å². The molecule has 6 heteroatoms. The van der Waals surface area contributed by atoms with Gasteiger partial charge in [0.15, 0.2) is 0 Å². The lowest BCUT2D eigenvalue weighted by Crippen LogP contribution is -2.57. The summed E-state index contributed by atoms with van der Waals surface area (Å²) in [7, 11) is 1.34. The highest BCUT2D eigenvalue weighted by Gasteiger charge is 2.47. The molecular formula is C27H25BrN2O3. The van der Waals surface area contributed by atoms with Crippen LogP contribution in [0.2, 0.25) is 0 Å². The van der Waals surface area contributed by atoms with Crippen LogP contribution in [0.1, 0.15) is 40.0 Å². The van der Waals surface area contributed by atoms with E-state index >= 15 is 0 Å². The lowest BCUT2D eigenvalue weighted by Gasteiger charge is -2.37. The second-order valence-electron chi connectivity index (χ2n) is 8.21. The molecule has 1 aromatic heterocycles. The molecule has 0 unspecified atom stereocenters. The van der Waals surface area contributed by atoms with Gasteiger partial charge in [-0.1, -0.05) is 64.5 Å². The van der Waals surface area contributed by atoms with Gasteiger partial charge in [0.2, 0.25) is 0 Å². The molecule has 0 aliphatic carbocycles. The Labute approximate surface area is 201 Å². The normalized spacial score (nSPS) is 13.8. The number of H-pyrrole nitrogens is 1. The summed E-state index contributed by atoms with van der Waals surface area (Å²) >= 11 is 3.49. The predicted octanol–water partition coefficient (Wildman–Crippen LogP) is 5.73. The van der Waals surface area contributed by atoms with Crippen LogP contribution in [0.5, 0.6) is 0 Å². The molecule has 0 spiro atoms. The molecule has 2 atom stereocenters.